The first-order chi connectivity index (χ1) is 23.8. The van der Waals surface area contributed by atoms with Crippen LogP contribution >= 0.6 is 11.6 Å². The van der Waals surface area contributed by atoms with Crippen LogP contribution in [0.2, 0.25) is 5.02 Å². The number of pyridine rings is 1. The predicted molar refractivity (Wildman–Crippen MR) is 186 cm³/mol. The normalized spacial score (nSPS) is 24.1. The van der Waals surface area contributed by atoms with Gasteiger partial charge in [0.2, 0.25) is 11.8 Å². The highest BCUT2D eigenvalue weighted by atomic mass is 35.5. The molecule has 5 aliphatic rings. The topological polar surface area (TPSA) is 118 Å². The molecule has 11 nitrogen and oxygen atoms in total. The molecule has 6 heterocycles. The maximum absolute atomic E-state index is 13.8. The molecule has 2 atom stereocenters. The molecule has 2 aromatic carbocycles. The molecule has 5 aliphatic heterocycles. The van der Waals surface area contributed by atoms with Gasteiger partial charge in [-0.25, -0.2) is 9.78 Å². The van der Waals surface area contributed by atoms with E-state index in [0.717, 1.165) is 67.2 Å². The molecule has 2 unspecified atom stereocenters. The number of hydrogen-bond acceptors (Lipinski definition) is 7. The van der Waals surface area contributed by atoms with Crippen LogP contribution in [0.15, 0.2) is 54.7 Å². The lowest BCUT2D eigenvalue weighted by Crippen LogP contribution is -2.53. The van der Waals surface area contributed by atoms with Gasteiger partial charge in [-0.1, -0.05) is 42.8 Å². The van der Waals surface area contributed by atoms with Crippen molar-refractivity contribution < 1.29 is 19.2 Å². The Morgan fingerprint density at radius 2 is 1.88 bits per heavy atom. The number of anilines is 2. The Hall–Kier alpha value is -4.48. The van der Waals surface area contributed by atoms with Crippen LogP contribution in [0.25, 0.3) is 0 Å². The van der Waals surface area contributed by atoms with Crippen molar-refractivity contribution in [1.82, 2.24) is 25.0 Å². The summed E-state index contributed by atoms with van der Waals surface area (Å²) >= 11 is 6.71. The van der Waals surface area contributed by atoms with Gasteiger partial charge < -0.3 is 20.0 Å². The van der Waals surface area contributed by atoms with E-state index in [1.54, 1.807) is 11.1 Å². The van der Waals surface area contributed by atoms with Gasteiger partial charge in [0, 0.05) is 98.1 Å². The van der Waals surface area contributed by atoms with Crippen molar-refractivity contribution in [2.45, 2.75) is 56.5 Å². The number of fused-ring (bicyclic) bond motifs is 2. The van der Waals surface area contributed by atoms with E-state index in [9.17, 15) is 19.2 Å². The van der Waals surface area contributed by atoms with Gasteiger partial charge in [0.25, 0.3) is 5.91 Å². The number of rotatable bonds is 8. The Balaban J connectivity index is 0.882. The number of nitrogens with one attached hydrogen (secondary N) is 2. The summed E-state index contributed by atoms with van der Waals surface area (Å²) in [5.74, 6) is 0.358. The number of piperidine rings is 1. The quantitative estimate of drug-likeness (QED) is 0.340. The van der Waals surface area contributed by atoms with Crippen molar-refractivity contribution in [2.75, 3.05) is 56.0 Å². The summed E-state index contributed by atoms with van der Waals surface area (Å²) in [6.07, 6.45) is 4.09. The Labute approximate surface area is 290 Å². The zero-order valence-electron chi connectivity index (χ0n) is 27.6. The molecule has 0 bridgehead atoms. The fraction of sp³-hybridized carbons (Fsp3) is 0.432. The van der Waals surface area contributed by atoms with Crippen molar-refractivity contribution >= 4 is 46.9 Å². The molecule has 0 aliphatic carbocycles. The van der Waals surface area contributed by atoms with Gasteiger partial charge in [-0.05, 0) is 60.2 Å². The number of halogens is 1. The van der Waals surface area contributed by atoms with Crippen LogP contribution in [0.5, 0.6) is 0 Å². The van der Waals surface area contributed by atoms with Crippen LogP contribution in [-0.4, -0.2) is 95.3 Å². The zero-order chi connectivity index (χ0) is 33.9. The van der Waals surface area contributed by atoms with E-state index >= 15 is 0 Å². The molecule has 3 aromatic rings. The van der Waals surface area contributed by atoms with Crippen molar-refractivity contribution in [1.29, 1.82) is 0 Å². The van der Waals surface area contributed by atoms with Crippen LogP contribution in [0.1, 0.15) is 71.1 Å². The Morgan fingerprint density at radius 1 is 1.02 bits per heavy atom. The average Bonchev–Trinajstić information content (AvgIpc) is 3.63. The van der Waals surface area contributed by atoms with Crippen LogP contribution in [0.4, 0.5) is 16.3 Å². The molecule has 2 N–H and O–H groups in total. The first kappa shape index (κ1) is 31.8. The summed E-state index contributed by atoms with van der Waals surface area (Å²) in [6, 6.07) is 15.6. The maximum Gasteiger partial charge on any atom is 0.324 e. The second kappa shape index (κ2) is 12.4. The smallest absolute Gasteiger partial charge is 0.324 e. The van der Waals surface area contributed by atoms with Crippen LogP contribution < -0.4 is 15.5 Å². The molecule has 0 saturated carbocycles. The lowest BCUT2D eigenvalue weighted by molar-refractivity contribution is -0.136. The number of likely N-dealkylation sites (tertiary alicyclic amines) is 1. The molecule has 3 saturated heterocycles. The van der Waals surface area contributed by atoms with E-state index in [1.807, 2.05) is 40.1 Å². The second-order valence-corrected chi connectivity index (χ2v) is 14.3. The van der Waals surface area contributed by atoms with Crippen molar-refractivity contribution in [3.8, 4) is 0 Å². The largest absolute Gasteiger partial charge is 0.369 e. The molecule has 1 aromatic heterocycles. The number of carbonyl (C=O) groups excluding carboxylic acids is 4. The number of amides is 5. The highest BCUT2D eigenvalue weighted by molar-refractivity contribution is 6.32. The first-order valence-corrected chi connectivity index (χ1v) is 17.7. The SMILES string of the molecule is CCC1(c2cccc(N3CCCN(CCN4CC(c5ccc6c(c5)CN(C5CCC(=O)NC5=O)C6=O)C4)C3=O)c2)CNc2nccc(Cl)c21. The van der Waals surface area contributed by atoms with Gasteiger partial charge in [0.15, 0.2) is 0 Å². The molecule has 3 fully saturated rings. The highest BCUT2D eigenvalue weighted by Crippen LogP contribution is 2.47. The van der Waals surface area contributed by atoms with E-state index in [-0.39, 0.29) is 29.7 Å². The van der Waals surface area contributed by atoms with Gasteiger partial charge in [-0.2, -0.15) is 0 Å². The number of imide groups is 1. The van der Waals surface area contributed by atoms with Crippen LogP contribution in [-0.2, 0) is 21.5 Å². The van der Waals surface area contributed by atoms with E-state index in [2.05, 4.69) is 45.6 Å². The summed E-state index contributed by atoms with van der Waals surface area (Å²) in [5, 5.41) is 6.52. The number of carbonyl (C=O) groups is 4. The number of aromatic nitrogens is 1. The Bertz CT molecular complexity index is 1860. The molecule has 0 radical (unpaired) electrons. The van der Waals surface area contributed by atoms with Gasteiger partial charge in [0.05, 0.1) is 0 Å². The zero-order valence-corrected chi connectivity index (χ0v) is 28.3. The third kappa shape index (κ3) is 5.43. The van der Waals surface area contributed by atoms with Crippen LogP contribution in [0, 0.1) is 0 Å². The molecule has 8 rings (SSSR count). The summed E-state index contributed by atoms with van der Waals surface area (Å²) < 4.78 is 0. The number of urea groups is 1. The molecular weight excluding hydrogens is 642 g/mol. The minimum Gasteiger partial charge on any atom is -0.369 e. The lowest BCUT2D eigenvalue weighted by atomic mass is 9.74. The summed E-state index contributed by atoms with van der Waals surface area (Å²) in [6.45, 7) is 7.94. The highest BCUT2D eigenvalue weighted by Gasteiger charge is 2.43. The fourth-order valence-electron chi connectivity index (χ4n) is 8.38. The van der Waals surface area contributed by atoms with E-state index in [1.165, 1.54) is 5.56 Å². The molecule has 5 amide bonds. The van der Waals surface area contributed by atoms with Crippen LogP contribution in [0.3, 0.4) is 0 Å². The second-order valence-electron chi connectivity index (χ2n) is 13.9. The van der Waals surface area contributed by atoms with Gasteiger partial charge >= 0.3 is 6.03 Å². The summed E-state index contributed by atoms with van der Waals surface area (Å²) in [4.78, 5) is 63.2. The molecule has 0 spiro atoms. The predicted octanol–water partition coefficient (Wildman–Crippen LogP) is 4.35. The van der Waals surface area contributed by atoms with Crippen molar-refractivity contribution in [3.05, 3.63) is 87.6 Å². The minimum atomic E-state index is -0.607. The van der Waals surface area contributed by atoms with E-state index < -0.39 is 11.9 Å². The molecular formula is C37H40ClN7O4. The molecule has 49 heavy (non-hydrogen) atoms. The Morgan fingerprint density at radius 3 is 2.69 bits per heavy atom. The summed E-state index contributed by atoms with van der Waals surface area (Å²) in [7, 11) is 0. The minimum absolute atomic E-state index is 0.0412. The Kier molecular flexibility index (Phi) is 8.07. The van der Waals surface area contributed by atoms with Gasteiger partial charge in [0.1, 0.15) is 11.9 Å². The van der Waals surface area contributed by atoms with E-state index in [4.69, 9.17) is 11.6 Å². The van der Waals surface area contributed by atoms with E-state index in [0.29, 0.717) is 49.1 Å². The molecule has 254 valence electrons. The standard InChI is InChI=1S/C37H40ClN7O4/c1-2-37(22-40-33-32(37)29(38)11-12-39-33)26-5-3-6-27(18-26)44-14-4-13-43(36(44)49)16-15-42-19-25(20-42)23-7-8-28-24(17-23)21-45(35(28)48)30-9-10-31(46)41-34(30)47/h3,5-8,11-12,17-18,25,30H,2,4,9-10,13-16,19-22H2,1H3,(H,39,40)(H,41,46,47). The van der Waals surface area contributed by atoms with Gasteiger partial charge in [-0.3, -0.25) is 24.6 Å². The third-order valence-corrected chi connectivity index (χ3v) is 11.5. The van der Waals surface area contributed by atoms with Crippen molar-refractivity contribution in [3.63, 3.8) is 0 Å². The number of nitrogens with zero attached hydrogens (tertiary/aromatic N) is 5. The monoisotopic (exact) mass is 681 g/mol. The maximum atomic E-state index is 13.8. The fourth-order valence-corrected chi connectivity index (χ4v) is 8.70. The molecule has 12 heteroatoms. The number of hydrogen-bond donors (Lipinski definition) is 2. The first-order valence-electron chi connectivity index (χ1n) is 17.3. The summed E-state index contributed by atoms with van der Waals surface area (Å²) in [5.41, 5.74) is 5.51. The third-order valence-electron chi connectivity index (χ3n) is 11.2. The lowest BCUT2D eigenvalue weighted by Gasteiger charge is -2.42. The van der Waals surface area contributed by atoms with Gasteiger partial charge in [-0.15, -0.1) is 0 Å². The van der Waals surface area contributed by atoms with Crippen molar-refractivity contribution in [2.24, 2.45) is 0 Å². The average molecular weight is 682 g/mol. The number of benzene rings is 2.